The summed E-state index contributed by atoms with van der Waals surface area (Å²) in [6.45, 7) is 6.25. The largest absolute Gasteiger partial charge is 0.337 e. The fraction of sp³-hybridized carbons (Fsp3) is 0.833. The van der Waals surface area contributed by atoms with E-state index in [4.69, 9.17) is 0 Å². The standard InChI is InChI=1S/C18H30N4/c1-20-13-9-19-17(20)15-21-11-7-18(8-12-21)6-3-10-22(18)14-16-4-2-5-16/h9,13,16H,2-8,10-12,14-15H2,1H3. The van der Waals surface area contributed by atoms with Crippen molar-refractivity contribution in [3.8, 4) is 0 Å². The van der Waals surface area contributed by atoms with Gasteiger partial charge in [0.05, 0.1) is 6.54 Å². The Kier molecular flexibility index (Phi) is 3.99. The minimum Gasteiger partial charge on any atom is -0.337 e. The van der Waals surface area contributed by atoms with Crippen LogP contribution in [0.1, 0.15) is 50.8 Å². The Morgan fingerprint density at radius 1 is 1.14 bits per heavy atom. The van der Waals surface area contributed by atoms with Crippen LogP contribution in [0, 0.1) is 5.92 Å². The van der Waals surface area contributed by atoms with Crippen LogP contribution in [0.5, 0.6) is 0 Å². The summed E-state index contributed by atoms with van der Waals surface area (Å²) in [7, 11) is 2.10. The van der Waals surface area contributed by atoms with Gasteiger partial charge < -0.3 is 4.57 Å². The molecule has 0 bridgehead atoms. The van der Waals surface area contributed by atoms with E-state index in [1.165, 1.54) is 76.9 Å². The zero-order chi connectivity index (χ0) is 15.0. The number of aromatic nitrogens is 2. The van der Waals surface area contributed by atoms with Crippen molar-refractivity contribution in [3.05, 3.63) is 18.2 Å². The van der Waals surface area contributed by atoms with Gasteiger partial charge in [0, 0.05) is 44.6 Å². The van der Waals surface area contributed by atoms with E-state index in [-0.39, 0.29) is 0 Å². The van der Waals surface area contributed by atoms with Gasteiger partial charge in [-0.25, -0.2) is 4.98 Å². The molecule has 3 fully saturated rings. The van der Waals surface area contributed by atoms with Crippen LogP contribution in [0.25, 0.3) is 0 Å². The molecule has 1 aliphatic carbocycles. The van der Waals surface area contributed by atoms with Gasteiger partial charge in [-0.1, -0.05) is 6.42 Å². The van der Waals surface area contributed by atoms with Gasteiger partial charge in [-0.05, 0) is 51.0 Å². The number of likely N-dealkylation sites (tertiary alicyclic amines) is 2. The molecule has 122 valence electrons. The van der Waals surface area contributed by atoms with Gasteiger partial charge in [-0.2, -0.15) is 0 Å². The SMILES string of the molecule is Cn1ccnc1CN1CCC2(CCCN2CC2CCC2)CC1. The number of rotatable bonds is 4. The summed E-state index contributed by atoms with van der Waals surface area (Å²) >= 11 is 0. The fourth-order valence-electron chi connectivity index (χ4n) is 4.71. The van der Waals surface area contributed by atoms with Gasteiger partial charge in [0.15, 0.2) is 0 Å². The van der Waals surface area contributed by atoms with Gasteiger partial charge in [-0.15, -0.1) is 0 Å². The Bertz CT molecular complexity index is 497. The molecule has 4 nitrogen and oxygen atoms in total. The van der Waals surface area contributed by atoms with Crippen LogP contribution < -0.4 is 0 Å². The lowest BCUT2D eigenvalue weighted by molar-refractivity contribution is 0.0297. The summed E-state index contributed by atoms with van der Waals surface area (Å²) in [5.41, 5.74) is 0.549. The fourth-order valence-corrected chi connectivity index (χ4v) is 4.71. The third kappa shape index (κ3) is 2.71. The maximum atomic E-state index is 4.48. The van der Waals surface area contributed by atoms with Crippen molar-refractivity contribution >= 4 is 0 Å². The molecule has 1 spiro atoms. The quantitative estimate of drug-likeness (QED) is 0.854. The zero-order valence-corrected chi connectivity index (χ0v) is 14.0. The molecule has 22 heavy (non-hydrogen) atoms. The van der Waals surface area contributed by atoms with Crippen molar-refractivity contribution in [1.82, 2.24) is 19.4 Å². The molecule has 0 aromatic carbocycles. The van der Waals surface area contributed by atoms with Crippen molar-refractivity contribution in [2.45, 2.75) is 57.0 Å². The van der Waals surface area contributed by atoms with Crippen LogP contribution in [-0.4, -0.2) is 51.1 Å². The van der Waals surface area contributed by atoms with Gasteiger partial charge in [0.1, 0.15) is 5.82 Å². The number of hydrogen-bond acceptors (Lipinski definition) is 3. The number of hydrogen-bond donors (Lipinski definition) is 0. The highest BCUT2D eigenvalue weighted by atomic mass is 15.3. The van der Waals surface area contributed by atoms with E-state index < -0.39 is 0 Å². The monoisotopic (exact) mass is 302 g/mol. The van der Waals surface area contributed by atoms with Gasteiger partial charge in [0.2, 0.25) is 0 Å². The van der Waals surface area contributed by atoms with Crippen molar-refractivity contribution < 1.29 is 0 Å². The molecule has 2 saturated heterocycles. The van der Waals surface area contributed by atoms with E-state index in [1.54, 1.807) is 0 Å². The maximum absolute atomic E-state index is 4.48. The molecule has 4 rings (SSSR count). The molecular weight excluding hydrogens is 272 g/mol. The average Bonchev–Trinajstić information content (AvgIpc) is 3.05. The lowest BCUT2D eigenvalue weighted by Crippen LogP contribution is -2.53. The van der Waals surface area contributed by atoms with E-state index in [9.17, 15) is 0 Å². The smallest absolute Gasteiger partial charge is 0.122 e. The molecule has 0 N–H and O–H groups in total. The molecule has 0 amide bonds. The van der Waals surface area contributed by atoms with E-state index >= 15 is 0 Å². The second kappa shape index (κ2) is 5.97. The third-order valence-corrected chi connectivity index (χ3v) is 6.52. The van der Waals surface area contributed by atoms with Crippen LogP contribution in [0.4, 0.5) is 0 Å². The van der Waals surface area contributed by atoms with Gasteiger partial charge in [0.25, 0.3) is 0 Å². The second-order valence-electron chi connectivity index (χ2n) is 7.80. The molecule has 1 aromatic rings. The lowest BCUT2D eigenvalue weighted by Gasteiger charge is -2.47. The first-order valence-corrected chi connectivity index (χ1v) is 9.19. The Morgan fingerprint density at radius 2 is 1.95 bits per heavy atom. The Labute approximate surface area is 134 Å². The highest BCUT2D eigenvalue weighted by Crippen LogP contribution is 2.41. The average molecular weight is 302 g/mol. The van der Waals surface area contributed by atoms with Crippen LogP contribution in [0.3, 0.4) is 0 Å². The van der Waals surface area contributed by atoms with Crippen LogP contribution >= 0.6 is 0 Å². The predicted molar refractivity (Wildman–Crippen MR) is 88.6 cm³/mol. The molecular formula is C18H30N4. The summed E-state index contributed by atoms with van der Waals surface area (Å²) < 4.78 is 2.16. The summed E-state index contributed by atoms with van der Waals surface area (Å²) in [5, 5.41) is 0. The van der Waals surface area contributed by atoms with Crippen molar-refractivity contribution in [2.24, 2.45) is 13.0 Å². The first-order chi connectivity index (χ1) is 10.8. The topological polar surface area (TPSA) is 24.3 Å². The molecule has 0 atom stereocenters. The molecule has 3 aliphatic rings. The molecule has 0 radical (unpaired) electrons. The first kappa shape index (κ1) is 14.7. The number of aryl methyl sites for hydroxylation is 1. The van der Waals surface area contributed by atoms with Crippen LogP contribution in [0.15, 0.2) is 12.4 Å². The van der Waals surface area contributed by atoms with Gasteiger partial charge in [-0.3, -0.25) is 9.80 Å². The maximum Gasteiger partial charge on any atom is 0.122 e. The van der Waals surface area contributed by atoms with E-state index in [1.807, 2.05) is 6.20 Å². The highest BCUT2D eigenvalue weighted by molar-refractivity contribution is 5.01. The third-order valence-electron chi connectivity index (χ3n) is 6.52. The molecule has 1 saturated carbocycles. The van der Waals surface area contributed by atoms with Crippen LogP contribution in [0.2, 0.25) is 0 Å². The number of nitrogens with zero attached hydrogens (tertiary/aromatic N) is 4. The van der Waals surface area contributed by atoms with Gasteiger partial charge >= 0.3 is 0 Å². The summed E-state index contributed by atoms with van der Waals surface area (Å²) in [6.07, 6.45) is 14.0. The lowest BCUT2D eigenvalue weighted by atomic mass is 9.81. The van der Waals surface area contributed by atoms with E-state index in [0.29, 0.717) is 5.54 Å². The molecule has 2 aliphatic heterocycles. The Balaban J connectivity index is 1.34. The minimum atomic E-state index is 0.549. The Morgan fingerprint density at radius 3 is 2.59 bits per heavy atom. The van der Waals surface area contributed by atoms with Crippen LogP contribution in [-0.2, 0) is 13.6 Å². The molecule has 4 heteroatoms. The first-order valence-electron chi connectivity index (χ1n) is 9.19. The summed E-state index contributed by atoms with van der Waals surface area (Å²) in [6, 6.07) is 0. The minimum absolute atomic E-state index is 0.549. The Hall–Kier alpha value is -0.870. The van der Waals surface area contributed by atoms with Crippen molar-refractivity contribution in [1.29, 1.82) is 0 Å². The molecule has 0 unspecified atom stereocenters. The molecule has 3 heterocycles. The zero-order valence-electron chi connectivity index (χ0n) is 14.0. The van der Waals surface area contributed by atoms with E-state index in [0.717, 1.165) is 12.5 Å². The predicted octanol–water partition coefficient (Wildman–Crippen LogP) is 2.65. The second-order valence-corrected chi connectivity index (χ2v) is 7.80. The van der Waals surface area contributed by atoms with E-state index in [2.05, 4.69) is 32.6 Å². The molecule has 1 aromatic heterocycles. The number of imidazole rings is 1. The highest BCUT2D eigenvalue weighted by Gasteiger charge is 2.43. The van der Waals surface area contributed by atoms with Crippen molar-refractivity contribution in [3.63, 3.8) is 0 Å². The normalized spacial score (nSPS) is 26.6. The van der Waals surface area contributed by atoms with Crippen molar-refractivity contribution in [2.75, 3.05) is 26.2 Å². The summed E-state index contributed by atoms with van der Waals surface area (Å²) in [4.78, 5) is 9.97. The summed E-state index contributed by atoms with van der Waals surface area (Å²) in [5.74, 6) is 2.22. The number of piperidine rings is 1.